The summed E-state index contributed by atoms with van der Waals surface area (Å²) in [5, 5.41) is 3.27. The fourth-order valence-electron chi connectivity index (χ4n) is 3.08. The van der Waals surface area contributed by atoms with E-state index in [-0.39, 0.29) is 35.8 Å². The largest absolute Gasteiger partial charge is 0.454 e. The Morgan fingerprint density at radius 1 is 1.33 bits per heavy atom. The van der Waals surface area contributed by atoms with E-state index in [0.717, 1.165) is 19.0 Å². The number of ether oxygens (including phenoxy) is 1. The monoisotopic (exact) mass is 484 g/mol. The summed E-state index contributed by atoms with van der Waals surface area (Å²) in [6, 6.07) is 11.6. The smallest absolute Gasteiger partial charge is 0.284 e. The van der Waals surface area contributed by atoms with Gasteiger partial charge in [0.25, 0.3) is 5.91 Å². The number of furan rings is 1. The van der Waals surface area contributed by atoms with E-state index in [1.807, 2.05) is 12.1 Å². The number of guanidine groups is 1. The van der Waals surface area contributed by atoms with Gasteiger partial charge in [-0.1, -0.05) is 24.3 Å². The van der Waals surface area contributed by atoms with Crippen LogP contribution < -0.4 is 11.1 Å². The number of carbonyl (C=O) groups excluding carboxylic acids is 1. The Morgan fingerprint density at radius 2 is 2.11 bits per heavy atom. The third kappa shape index (κ3) is 5.23. The molecule has 27 heavy (non-hydrogen) atoms. The number of hydrogen-bond donors (Lipinski definition) is 2. The zero-order valence-corrected chi connectivity index (χ0v) is 17.8. The summed E-state index contributed by atoms with van der Waals surface area (Å²) < 4.78 is 11.4. The van der Waals surface area contributed by atoms with Gasteiger partial charge < -0.3 is 25.1 Å². The molecule has 146 valence electrons. The van der Waals surface area contributed by atoms with Crippen LogP contribution >= 0.6 is 24.0 Å². The molecule has 2 aromatic rings. The molecule has 1 atom stereocenters. The van der Waals surface area contributed by atoms with E-state index in [2.05, 4.69) is 34.3 Å². The van der Waals surface area contributed by atoms with Gasteiger partial charge in [0.15, 0.2) is 11.7 Å². The molecule has 0 saturated carbocycles. The van der Waals surface area contributed by atoms with E-state index in [9.17, 15) is 4.79 Å². The second-order valence-corrected chi connectivity index (χ2v) is 6.19. The summed E-state index contributed by atoms with van der Waals surface area (Å²) in [5.74, 6) is 0.977. The second-order valence-electron chi connectivity index (χ2n) is 6.19. The molecule has 1 fully saturated rings. The van der Waals surface area contributed by atoms with E-state index in [1.165, 1.54) is 11.1 Å². The number of nitrogens with two attached hydrogens (primary N) is 1. The number of nitrogens with one attached hydrogen (secondary N) is 1. The van der Waals surface area contributed by atoms with Gasteiger partial charge in [-0.3, -0.25) is 9.79 Å². The average Bonchev–Trinajstić information content (AvgIpc) is 3.12. The maximum absolute atomic E-state index is 11.1. The molecule has 3 N–H and O–H groups in total. The molecule has 1 aliphatic rings. The Hall–Kier alpha value is -2.07. The van der Waals surface area contributed by atoms with Crippen molar-refractivity contribution in [2.45, 2.75) is 19.6 Å². The predicted octanol–water partition coefficient (Wildman–Crippen LogP) is 2.45. The average molecular weight is 484 g/mol. The van der Waals surface area contributed by atoms with Crippen LogP contribution in [0.15, 0.2) is 45.8 Å². The number of nitrogens with zero attached hydrogens (tertiary/aromatic N) is 2. The van der Waals surface area contributed by atoms with Crippen LogP contribution in [0.3, 0.4) is 0 Å². The van der Waals surface area contributed by atoms with Gasteiger partial charge in [-0.2, -0.15) is 0 Å². The van der Waals surface area contributed by atoms with Crippen molar-refractivity contribution >= 4 is 35.8 Å². The van der Waals surface area contributed by atoms with Gasteiger partial charge in [-0.05, 0) is 30.2 Å². The minimum absolute atomic E-state index is 0. The highest BCUT2D eigenvalue weighted by Gasteiger charge is 2.25. The Morgan fingerprint density at radius 3 is 2.78 bits per heavy atom. The van der Waals surface area contributed by atoms with Gasteiger partial charge in [0.1, 0.15) is 11.9 Å². The Kier molecular flexibility index (Phi) is 7.66. The first-order chi connectivity index (χ1) is 12.6. The molecule has 0 spiro atoms. The fraction of sp³-hybridized carbons (Fsp3) is 0.368. The zero-order chi connectivity index (χ0) is 18.5. The number of aliphatic imine (C=N–C) groups is 1. The molecule has 8 heteroatoms. The van der Waals surface area contributed by atoms with Crippen molar-refractivity contribution in [3.8, 4) is 0 Å². The molecule has 1 aromatic heterocycles. The van der Waals surface area contributed by atoms with Gasteiger partial charge in [0.05, 0.1) is 19.7 Å². The maximum Gasteiger partial charge on any atom is 0.284 e. The molecule has 2 heterocycles. The quantitative estimate of drug-likeness (QED) is 0.395. The summed E-state index contributed by atoms with van der Waals surface area (Å²) in [5.41, 5.74) is 7.63. The topological polar surface area (TPSA) is 93.1 Å². The van der Waals surface area contributed by atoms with Crippen LogP contribution in [0, 0.1) is 6.92 Å². The minimum Gasteiger partial charge on any atom is -0.454 e. The summed E-state index contributed by atoms with van der Waals surface area (Å²) in [4.78, 5) is 17.6. The number of benzene rings is 1. The standard InChI is InChI=1S/C19H24N4O3.HI/c1-13-5-3-4-6-15(13)17-12-23(9-10-25-17)19(21-2)22-11-14-7-8-16(26-14)18(20)24;/h3-8,17H,9-12H2,1-2H3,(H2,20,24)(H,21,22);1H. The third-order valence-corrected chi connectivity index (χ3v) is 4.44. The summed E-state index contributed by atoms with van der Waals surface area (Å²) in [6.45, 7) is 4.62. The molecule has 0 bridgehead atoms. The van der Waals surface area contributed by atoms with Crippen molar-refractivity contribution < 1.29 is 13.9 Å². The number of amides is 1. The normalized spacial score (nSPS) is 17.3. The van der Waals surface area contributed by atoms with E-state index >= 15 is 0 Å². The summed E-state index contributed by atoms with van der Waals surface area (Å²) in [7, 11) is 1.75. The zero-order valence-electron chi connectivity index (χ0n) is 15.5. The molecule has 0 aliphatic carbocycles. The van der Waals surface area contributed by atoms with Crippen molar-refractivity contribution in [3.63, 3.8) is 0 Å². The van der Waals surface area contributed by atoms with Crippen molar-refractivity contribution in [1.29, 1.82) is 0 Å². The SMILES string of the molecule is CN=C(NCc1ccc(C(N)=O)o1)N1CCOC(c2ccccc2C)C1.I. The fourth-order valence-corrected chi connectivity index (χ4v) is 3.08. The van der Waals surface area contributed by atoms with Crippen LogP contribution in [0.1, 0.15) is 33.5 Å². The maximum atomic E-state index is 11.1. The van der Waals surface area contributed by atoms with Gasteiger partial charge >= 0.3 is 0 Å². The molecule has 1 saturated heterocycles. The second kappa shape index (κ2) is 9.75. The van der Waals surface area contributed by atoms with E-state index in [0.29, 0.717) is 18.9 Å². The summed E-state index contributed by atoms with van der Waals surface area (Å²) >= 11 is 0. The highest BCUT2D eigenvalue weighted by atomic mass is 127. The van der Waals surface area contributed by atoms with Crippen molar-refractivity contribution in [1.82, 2.24) is 10.2 Å². The number of hydrogen-bond acceptors (Lipinski definition) is 4. The van der Waals surface area contributed by atoms with Crippen LogP contribution in [-0.2, 0) is 11.3 Å². The van der Waals surface area contributed by atoms with E-state index in [1.54, 1.807) is 19.2 Å². The first-order valence-corrected chi connectivity index (χ1v) is 8.59. The lowest BCUT2D eigenvalue weighted by Crippen LogP contribution is -2.48. The Balaban J connectivity index is 0.00000261. The van der Waals surface area contributed by atoms with Gasteiger partial charge in [-0.25, -0.2) is 0 Å². The van der Waals surface area contributed by atoms with Crippen molar-refractivity contribution in [2.75, 3.05) is 26.7 Å². The van der Waals surface area contributed by atoms with E-state index < -0.39 is 5.91 Å². The van der Waals surface area contributed by atoms with Crippen LogP contribution in [0.4, 0.5) is 0 Å². The highest BCUT2D eigenvalue weighted by Crippen LogP contribution is 2.25. The molecule has 1 amide bonds. The lowest BCUT2D eigenvalue weighted by Gasteiger charge is -2.35. The van der Waals surface area contributed by atoms with Crippen molar-refractivity contribution in [3.05, 3.63) is 59.0 Å². The minimum atomic E-state index is -0.574. The molecular weight excluding hydrogens is 459 g/mol. The van der Waals surface area contributed by atoms with Crippen LogP contribution in [0.2, 0.25) is 0 Å². The number of morpholine rings is 1. The molecule has 7 nitrogen and oxygen atoms in total. The Bertz CT molecular complexity index is 806. The van der Waals surface area contributed by atoms with Crippen molar-refractivity contribution in [2.24, 2.45) is 10.7 Å². The number of halogens is 1. The van der Waals surface area contributed by atoms with Crippen LogP contribution in [0.25, 0.3) is 0 Å². The molecular formula is C19H25IN4O3. The van der Waals surface area contributed by atoms with Gasteiger partial charge in [-0.15, -0.1) is 24.0 Å². The third-order valence-electron chi connectivity index (χ3n) is 4.44. The predicted molar refractivity (Wildman–Crippen MR) is 114 cm³/mol. The Labute approximate surface area is 176 Å². The van der Waals surface area contributed by atoms with Gasteiger partial charge in [0.2, 0.25) is 0 Å². The van der Waals surface area contributed by atoms with Crippen LogP contribution in [0.5, 0.6) is 0 Å². The first kappa shape index (κ1) is 21.2. The lowest BCUT2D eigenvalue weighted by atomic mass is 10.0. The number of primary amides is 1. The van der Waals surface area contributed by atoms with E-state index in [4.69, 9.17) is 14.9 Å². The van der Waals surface area contributed by atoms with Gasteiger partial charge in [0, 0.05) is 13.6 Å². The number of carbonyl (C=O) groups is 1. The molecule has 1 unspecified atom stereocenters. The lowest BCUT2D eigenvalue weighted by molar-refractivity contribution is -0.00836. The molecule has 1 aliphatic heterocycles. The van der Waals surface area contributed by atoms with Crippen LogP contribution in [-0.4, -0.2) is 43.5 Å². The molecule has 3 rings (SSSR count). The molecule has 0 radical (unpaired) electrons. The number of aryl methyl sites for hydroxylation is 1. The summed E-state index contributed by atoms with van der Waals surface area (Å²) in [6.07, 6.45) is 0.00794. The number of rotatable bonds is 4. The first-order valence-electron chi connectivity index (χ1n) is 8.59. The highest BCUT2D eigenvalue weighted by molar-refractivity contribution is 14.0. The molecule has 1 aromatic carbocycles.